The van der Waals surface area contributed by atoms with Gasteiger partial charge < -0.3 is 9.88 Å². The second kappa shape index (κ2) is 7.38. The summed E-state index contributed by atoms with van der Waals surface area (Å²) in [5.74, 6) is 0.862. The third-order valence-corrected chi connectivity index (χ3v) is 4.68. The van der Waals surface area contributed by atoms with Gasteiger partial charge in [0.1, 0.15) is 6.54 Å². The molecule has 0 atom stereocenters. The Kier molecular flexibility index (Phi) is 5.51. The average Bonchev–Trinajstić information content (AvgIpc) is 2.91. The summed E-state index contributed by atoms with van der Waals surface area (Å²) in [5.41, 5.74) is -0.141. The van der Waals surface area contributed by atoms with Gasteiger partial charge in [0.15, 0.2) is 0 Å². The van der Waals surface area contributed by atoms with Crippen molar-refractivity contribution in [2.45, 2.75) is 37.5 Å². The molecule has 1 fully saturated rings. The minimum atomic E-state index is -0.141. The molecule has 1 aliphatic rings. The quantitative estimate of drug-likeness (QED) is 0.806. The first kappa shape index (κ1) is 14.2. The van der Waals surface area contributed by atoms with Crippen molar-refractivity contribution in [2.75, 3.05) is 12.3 Å². The maximum absolute atomic E-state index is 11.7. The highest BCUT2D eigenvalue weighted by Gasteiger charge is 2.14. The van der Waals surface area contributed by atoms with Crippen molar-refractivity contribution >= 4 is 17.7 Å². The number of rotatable bonds is 6. The number of carbonyl (C=O) groups excluding carboxylic acids is 1. The van der Waals surface area contributed by atoms with Gasteiger partial charge in [-0.15, -0.1) is 0 Å². The van der Waals surface area contributed by atoms with Crippen molar-refractivity contribution in [3.8, 4) is 0 Å². The maximum atomic E-state index is 11.7. The fraction of sp³-hybridized carbons (Fsp3) is 0.571. The molecule has 0 unspecified atom stereocenters. The smallest absolute Gasteiger partial charge is 0.250 e. The van der Waals surface area contributed by atoms with Crippen LogP contribution >= 0.6 is 11.8 Å². The Balaban J connectivity index is 1.64. The van der Waals surface area contributed by atoms with Crippen LogP contribution in [-0.2, 0) is 11.3 Å². The lowest BCUT2D eigenvalue weighted by Crippen LogP contribution is -2.33. The number of carbonyl (C=O) groups is 1. The van der Waals surface area contributed by atoms with Crippen molar-refractivity contribution in [1.82, 2.24) is 9.88 Å². The lowest BCUT2D eigenvalue weighted by Gasteiger charge is -2.10. The van der Waals surface area contributed by atoms with E-state index in [4.69, 9.17) is 0 Å². The highest BCUT2D eigenvalue weighted by atomic mass is 32.2. The van der Waals surface area contributed by atoms with Gasteiger partial charge in [0.2, 0.25) is 5.91 Å². The van der Waals surface area contributed by atoms with Crippen LogP contribution in [0.5, 0.6) is 0 Å². The zero-order chi connectivity index (χ0) is 13.5. The van der Waals surface area contributed by atoms with Crippen LogP contribution in [0.2, 0.25) is 0 Å². The van der Waals surface area contributed by atoms with E-state index < -0.39 is 0 Å². The predicted molar refractivity (Wildman–Crippen MR) is 78.4 cm³/mol. The Morgan fingerprint density at radius 3 is 2.89 bits per heavy atom. The van der Waals surface area contributed by atoms with Crippen LogP contribution in [0.15, 0.2) is 29.2 Å². The molecule has 0 aromatic carbocycles. The largest absolute Gasteiger partial charge is 0.354 e. The van der Waals surface area contributed by atoms with Crippen molar-refractivity contribution in [1.29, 1.82) is 0 Å². The summed E-state index contributed by atoms with van der Waals surface area (Å²) in [6, 6.07) is 4.89. The first-order valence-electron chi connectivity index (χ1n) is 6.79. The molecule has 104 valence electrons. The average molecular weight is 280 g/mol. The first-order valence-corrected chi connectivity index (χ1v) is 7.84. The normalized spacial score (nSPS) is 15.6. The molecule has 0 saturated heterocycles. The molecule has 0 bridgehead atoms. The van der Waals surface area contributed by atoms with Crippen LogP contribution in [0.3, 0.4) is 0 Å². The molecule has 2 rings (SSSR count). The molecule has 5 heteroatoms. The number of thioether (sulfide) groups is 1. The molecule has 1 aromatic rings. The van der Waals surface area contributed by atoms with Gasteiger partial charge in [-0.05, 0) is 18.9 Å². The summed E-state index contributed by atoms with van der Waals surface area (Å²) in [6.07, 6.45) is 6.97. The number of amides is 1. The Morgan fingerprint density at radius 2 is 2.16 bits per heavy atom. The molecule has 1 heterocycles. The van der Waals surface area contributed by atoms with Crippen molar-refractivity contribution < 1.29 is 4.79 Å². The van der Waals surface area contributed by atoms with Crippen LogP contribution in [0.4, 0.5) is 0 Å². The predicted octanol–water partition coefficient (Wildman–Crippen LogP) is 1.64. The third kappa shape index (κ3) is 4.74. The molecular formula is C14H20N2O2S. The Hall–Kier alpha value is -1.23. The van der Waals surface area contributed by atoms with Gasteiger partial charge in [0.25, 0.3) is 5.56 Å². The molecule has 4 nitrogen and oxygen atoms in total. The van der Waals surface area contributed by atoms with E-state index in [0.29, 0.717) is 6.54 Å². The van der Waals surface area contributed by atoms with E-state index in [2.05, 4.69) is 5.32 Å². The SMILES string of the molecule is O=C(Cn1ccccc1=O)NCCSC1CCCC1. The topological polar surface area (TPSA) is 51.1 Å². The van der Waals surface area contributed by atoms with Gasteiger partial charge in [-0.3, -0.25) is 9.59 Å². The monoisotopic (exact) mass is 280 g/mol. The molecule has 1 N–H and O–H groups in total. The van der Waals surface area contributed by atoms with Crippen LogP contribution < -0.4 is 10.9 Å². The highest BCUT2D eigenvalue weighted by Crippen LogP contribution is 2.28. The van der Waals surface area contributed by atoms with Crippen LogP contribution in [0, 0.1) is 0 Å². The number of pyridine rings is 1. The number of nitrogens with one attached hydrogen (secondary N) is 1. The number of aromatic nitrogens is 1. The van der Waals surface area contributed by atoms with Gasteiger partial charge in [-0.2, -0.15) is 11.8 Å². The fourth-order valence-corrected chi connectivity index (χ4v) is 3.49. The summed E-state index contributed by atoms with van der Waals surface area (Å²) < 4.78 is 1.42. The molecule has 0 spiro atoms. The fourth-order valence-electron chi connectivity index (χ4n) is 2.27. The second-order valence-electron chi connectivity index (χ2n) is 4.79. The second-order valence-corrected chi connectivity index (χ2v) is 6.20. The lowest BCUT2D eigenvalue weighted by atomic mass is 10.4. The number of nitrogens with zero attached hydrogens (tertiary/aromatic N) is 1. The van der Waals surface area contributed by atoms with Gasteiger partial charge in [-0.1, -0.05) is 18.9 Å². The summed E-state index contributed by atoms with van der Waals surface area (Å²) >= 11 is 1.95. The van der Waals surface area contributed by atoms with E-state index in [0.717, 1.165) is 11.0 Å². The van der Waals surface area contributed by atoms with Gasteiger partial charge >= 0.3 is 0 Å². The third-order valence-electron chi connectivity index (χ3n) is 3.29. The Morgan fingerprint density at radius 1 is 1.37 bits per heavy atom. The molecular weight excluding hydrogens is 260 g/mol. The van der Waals surface area contributed by atoms with Crippen molar-refractivity contribution in [2.24, 2.45) is 0 Å². The standard InChI is InChI=1S/C14H20N2O2S/c17-13(11-16-9-4-3-7-14(16)18)15-8-10-19-12-5-1-2-6-12/h3-4,7,9,12H,1-2,5-6,8,10-11H2,(H,15,17). The molecule has 1 saturated carbocycles. The number of hydrogen-bond acceptors (Lipinski definition) is 3. The van der Waals surface area contributed by atoms with E-state index >= 15 is 0 Å². The summed E-state index contributed by atoms with van der Waals surface area (Å²) in [5, 5.41) is 3.65. The van der Waals surface area contributed by atoms with Crippen LogP contribution in [0.25, 0.3) is 0 Å². The summed E-state index contributed by atoms with van der Waals surface area (Å²) in [4.78, 5) is 23.1. The maximum Gasteiger partial charge on any atom is 0.250 e. The molecule has 19 heavy (non-hydrogen) atoms. The zero-order valence-electron chi connectivity index (χ0n) is 11.0. The van der Waals surface area contributed by atoms with E-state index in [9.17, 15) is 9.59 Å². The molecule has 1 aromatic heterocycles. The minimum Gasteiger partial charge on any atom is -0.354 e. The van der Waals surface area contributed by atoms with Gasteiger partial charge in [-0.25, -0.2) is 0 Å². The van der Waals surface area contributed by atoms with Crippen molar-refractivity contribution in [3.63, 3.8) is 0 Å². The Labute approximate surface area is 117 Å². The number of hydrogen-bond donors (Lipinski definition) is 1. The summed E-state index contributed by atoms with van der Waals surface area (Å²) in [7, 11) is 0. The minimum absolute atomic E-state index is 0.0969. The van der Waals surface area contributed by atoms with E-state index in [1.54, 1.807) is 18.3 Å². The zero-order valence-corrected chi connectivity index (χ0v) is 11.8. The van der Waals surface area contributed by atoms with Crippen LogP contribution in [-0.4, -0.2) is 28.0 Å². The van der Waals surface area contributed by atoms with Gasteiger partial charge in [0.05, 0.1) is 0 Å². The highest BCUT2D eigenvalue weighted by molar-refractivity contribution is 7.99. The van der Waals surface area contributed by atoms with Crippen molar-refractivity contribution in [3.05, 3.63) is 34.7 Å². The molecule has 0 aliphatic heterocycles. The summed E-state index contributed by atoms with van der Waals surface area (Å²) in [6.45, 7) is 0.787. The molecule has 1 aliphatic carbocycles. The molecule has 0 radical (unpaired) electrons. The van der Waals surface area contributed by atoms with E-state index in [1.807, 2.05) is 11.8 Å². The Bertz CT molecular complexity index is 467. The van der Waals surface area contributed by atoms with E-state index in [-0.39, 0.29) is 18.0 Å². The molecule has 1 amide bonds. The first-order chi connectivity index (χ1) is 9.25. The van der Waals surface area contributed by atoms with E-state index in [1.165, 1.54) is 36.3 Å². The lowest BCUT2D eigenvalue weighted by molar-refractivity contribution is -0.121. The van der Waals surface area contributed by atoms with Crippen LogP contribution in [0.1, 0.15) is 25.7 Å². The van der Waals surface area contributed by atoms with Gasteiger partial charge in [0, 0.05) is 29.8 Å².